The zero-order chi connectivity index (χ0) is 13.2. The van der Waals surface area contributed by atoms with E-state index in [2.05, 4.69) is 5.32 Å². The lowest BCUT2D eigenvalue weighted by molar-refractivity contribution is -0.120. The zero-order valence-electron chi connectivity index (χ0n) is 10.3. The number of amides is 1. The molecular weight excluding hydrogens is 250 g/mol. The quantitative estimate of drug-likeness (QED) is 0.882. The first-order chi connectivity index (χ1) is 8.44. The van der Waals surface area contributed by atoms with Crippen molar-refractivity contribution in [1.29, 1.82) is 0 Å². The van der Waals surface area contributed by atoms with Crippen LogP contribution in [-0.2, 0) is 21.1 Å². The molecular formula is C13H17NO3S. The van der Waals surface area contributed by atoms with Crippen LogP contribution in [-0.4, -0.2) is 31.9 Å². The molecule has 98 valence electrons. The van der Waals surface area contributed by atoms with Crippen LogP contribution < -0.4 is 5.32 Å². The van der Waals surface area contributed by atoms with Crippen molar-refractivity contribution in [2.24, 2.45) is 0 Å². The van der Waals surface area contributed by atoms with Gasteiger partial charge in [-0.3, -0.25) is 4.79 Å². The van der Waals surface area contributed by atoms with Gasteiger partial charge < -0.3 is 5.32 Å². The number of nitrogens with one attached hydrogen (secondary N) is 1. The molecule has 1 aromatic rings. The lowest BCUT2D eigenvalue weighted by atomic mass is 10.1. The number of hydrogen-bond donors (Lipinski definition) is 1. The second-order valence-electron chi connectivity index (χ2n) is 4.83. The van der Waals surface area contributed by atoms with Gasteiger partial charge in [-0.1, -0.05) is 29.8 Å². The van der Waals surface area contributed by atoms with Crippen LogP contribution in [0.15, 0.2) is 24.3 Å². The zero-order valence-corrected chi connectivity index (χ0v) is 11.2. The third kappa shape index (κ3) is 3.57. The van der Waals surface area contributed by atoms with Gasteiger partial charge in [-0.15, -0.1) is 0 Å². The van der Waals surface area contributed by atoms with E-state index in [9.17, 15) is 13.2 Å². The van der Waals surface area contributed by atoms with Gasteiger partial charge in [0.05, 0.1) is 17.9 Å². The maximum absolute atomic E-state index is 11.8. The Bertz CT molecular complexity index is 534. The van der Waals surface area contributed by atoms with E-state index in [1.54, 1.807) is 0 Å². The molecule has 18 heavy (non-hydrogen) atoms. The molecule has 5 heteroatoms. The van der Waals surface area contributed by atoms with Crippen molar-refractivity contribution in [1.82, 2.24) is 5.32 Å². The van der Waals surface area contributed by atoms with E-state index in [1.807, 2.05) is 31.2 Å². The lowest BCUT2D eigenvalue weighted by Gasteiger charge is -2.10. The summed E-state index contributed by atoms with van der Waals surface area (Å²) in [6, 6.07) is 7.54. The van der Waals surface area contributed by atoms with Gasteiger partial charge in [-0.25, -0.2) is 8.42 Å². The molecule has 1 aromatic carbocycles. The van der Waals surface area contributed by atoms with Gasteiger partial charge in [0.25, 0.3) is 0 Å². The molecule has 0 saturated carbocycles. The fraction of sp³-hybridized carbons (Fsp3) is 0.462. The number of hydrogen-bond acceptors (Lipinski definition) is 3. The average molecular weight is 267 g/mol. The van der Waals surface area contributed by atoms with Crippen LogP contribution in [0.25, 0.3) is 0 Å². The first-order valence-electron chi connectivity index (χ1n) is 6.00. The summed E-state index contributed by atoms with van der Waals surface area (Å²) < 4.78 is 22.5. The molecule has 1 heterocycles. The lowest BCUT2D eigenvalue weighted by Crippen LogP contribution is -2.36. The van der Waals surface area contributed by atoms with E-state index in [4.69, 9.17) is 0 Å². The van der Waals surface area contributed by atoms with Crippen LogP contribution in [0.4, 0.5) is 0 Å². The molecule has 4 nitrogen and oxygen atoms in total. The second kappa shape index (κ2) is 5.10. The van der Waals surface area contributed by atoms with Crippen LogP contribution >= 0.6 is 0 Å². The number of sulfone groups is 1. The number of rotatable bonds is 3. The first-order valence-corrected chi connectivity index (χ1v) is 7.82. The predicted octanol–water partition coefficient (Wildman–Crippen LogP) is 0.841. The maximum atomic E-state index is 11.8. The van der Waals surface area contributed by atoms with Crippen molar-refractivity contribution in [3.8, 4) is 0 Å². The molecule has 0 unspecified atom stereocenters. The Morgan fingerprint density at radius 1 is 1.33 bits per heavy atom. The highest BCUT2D eigenvalue weighted by Gasteiger charge is 2.28. The van der Waals surface area contributed by atoms with Gasteiger partial charge in [-0.05, 0) is 18.9 Å². The number of benzene rings is 1. The second-order valence-corrected chi connectivity index (χ2v) is 7.06. The van der Waals surface area contributed by atoms with Gasteiger partial charge in [0.15, 0.2) is 9.84 Å². The van der Waals surface area contributed by atoms with Crippen LogP contribution in [0.2, 0.25) is 0 Å². The van der Waals surface area contributed by atoms with Gasteiger partial charge in [0, 0.05) is 6.04 Å². The van der Waals surface area contributed by atoms with E-state index in [1.165, 1.54) is 0 Å². The van der Waals surface area contributed by atoms with E-state index >= 15 is 0 Å². The highest BCUT2D eigenvalue weighted by molar-refractivity contribution is 7.91. The third-order valence-corrected chi connectivity index (χ3v) is 4.85. The molecule has 0 aromatic heterocycles. The smallest absolute Gasteiger partial charge is 0.224 e. The van der Waals surface area contributed by atoms with Crippen LogP contribution in [0, 0.1) is 6.92 Å². The Morgan fingerprint density at radius 2 is 2.00 bits per heavy atom. The SMILES string of the molecule is Cc1ccc(CC(=O)N[C@H]2CCS(=O)(=O)C2)cc1. The summed E-state index contributed by atoms with van der Waals surface area (Å²) in [7, 11) is -2.93. The van der Waals surface area contributed by atoms with Crippen LogP contribution in [0.3, 0.4) is 0 Å². The summed E-state index contributed by atoms with van der Waals surface area (Å²) in [4.78, 5) is 11.8. The third-order valence-electron chi connectivity index (χ3n) is 3.08. The van der Waals surface area contributed by atoms with Crippen molar-refractivity contribution >= 4 is 15.7 Å². The largest absolute Gasteiger partial charge is 0.352 e. The van der Waals surface area contributed by atoms with Crippen molar-refractivity contribution in [2.75, 3.05) is 11.5 Å². The molecule has 1 amide bonds. The van der Waals surface area contributed by atoms with Crippen molar-refractivity contribution < 1.29 is 13.2 Å². The molecule has 1 fully saturated rings. The topological polar surface area (TPSA) is 63.2 Å². The van der Waals surface area contributed by atoms with Gasteiger partial charge in [0.2, 0.25) is 5.91 Å². The number of carbonyl (C=O) groups excluding carboxylic acids is 1. The van der Waals surface area contributed by atoms with E-state index in [0.29, 0.717) is 12.8 Å². The monoisotopic (exact) mass is 267 g/mol. The summed E-state index contributed by atoms with van der Waals surface area (Å²) >= 11 is 0. The summed E-state index contributed by atoms with van der Waals surface area (Å²) in [6.45, 7) is 1.99. The first kappa shape index (κ1) is 13.1. The molecule has 1 aliphatic heterocycles. The highest BCUT2D eigenvalue weighted by Crippen LogP contribution is 2.11. The Hall–Kier alpha value is -1.36. The maximum Gasteiger partial charge on any atom is 0.224 e. The Balaban J connectivity index is 1.88. The van der Waals surface area contributed by atoms with Crippen molar-refractivity contribution in [2.45, 2.75) is 25.8 Å². The molecule has 1 saturated heterocycles. The number of aryl methyl sites for hydroxylation is 1. The van der Waals surface area contributed by atoms with Crippen LogP contribution in [0.5, 0.6) is 0 Å². The normalized spacial score (nSPS) is 21.7. The van der Waals surface area contributed by atoms with Crippen molar-refractivity contribution in [3.05, 3.63) is 35.4 Å². The standard InChI is InChI=1S/C13H17NO3S/c1-10-2-4-11(5-3-10)8-13(15)14-12-6-7-18(16,17)9-12/h2-5,12H,6-9H2,1H3,(H,14,15)/t12-/m0/s1. The minimum Gasteiger partial charge on any atom is -0.352 e. The van der Waals surface area contributed by atoms with Gasteiger partial charge >= 0.3 is 0 Å². The summed E-state index contributed by atoms with van der Waals surface area (Å²) in [5.74, 6) is 0.149. The molecule has 1 aliphatic rings. The van der Waals surface area contributed by atoms with Crippen LogP contribution in [0.1, 0.15) is 17.5 Å². The molecule has 0 radical (unpaired) electrons. The molecule has 1 N–H and O–H groups in total. The fourth-order valence-electron chi connectivity index (χ4n) is 2.08. The Morgan fingerprint density at radius 3 is 2.56 bits per heavy atom. The number of carbonyl (C=O) groups is 1. The molecule has 0 bridgehead atoms. The summed E-state index contributed by atoms with van der Waals surface area (Å²) in [6.07, 6.45) is 0.832. The minimum atomic E-state index is -2.93. The minimum absolute atomic E-state index is 0.0760. The Labute approximate surface area is 107 Å². The van der Waals surface area contributed by atoms with Gasteiger partial charge in [-0.2, -0.15) is 0 Å². The van der Waals surface area contributed by atoms with Crippen molar-refractivity contribution in [3.63, 3.8) is 0 Å². The molecule has 0 spiro atoms. The predicted molar refractivity (Wildman–Crippen MR) is 70.1 cm³/mol. The Kier molecular flexibility index (Phi) is 3.71. The van der Waals surface area contributed by atoms with E-state index < -0.39 is 9.84 Å². The fourth-order valence-corrected chi connectivity index (χ4v) is 3.75. The summed E-state index contributed by atoms with van der Waals surface area (Å²) in [5.41, 5.74) is 2.10. The van der Waals surface area contributed by atoms with Gasteiger partial charge in [0.1, 0.15) is 0 Å². The highest BCUT2D eigenvalue weighted by atomic mass is 32.2. The van der Waals surface area contributed by atoms with E-state index in [0.717, 1.165) is 11.1 Å². The average Bonchev–Trinajstić information content (AvgIpc) is 2.61. The summed E-state index contributed by atoms with van der Waals surface area (Å²) in [5, 5.41) is 2.78. The molecule has 1 atom stereocenters. The van der Waals surface area contributed by atoms with E-state index in [-0.39, 0.29) is 23.5 Å². The molecule has 0 aliphatic carbocycles. The molecule has 2 rings (SSSR count).